The fraction of sp³-hybridized carbons (Fsp3) is 0.714. The van der Waals surface area contributed by atoms with Crippen LogP contribution < -0.4 is 11.4 Å². The molecule has 7 heteroatoms. The minimum Gasteiger partial charge on any atom is -0.412 e. The Labute approximate surface area is 126 Å². The highest BCUT2D eigenvalue weighted by atomic mass is 28.4. The van der Waals surface area contributed by atoms with Gasteiger partial charge in [-0.3, -0.25) is 4.57 Å². The fourth-order valence-electron chi connectivity index (χ4n) is 2.74. The second-order valence-electron chi connectivity index (χ2n) is 6.57. The molecule has 2 rings (SSSR count). The minimum absolute atomic E-state index is 0.00109. The summed E-state index contributed by atoms with van der Waals surface area (Å²) in [5.74, 6) is 0.314. The molecule has 1 aromatic heterocycles. The van der Waals surface area contributed by atoms with E-state index in [9.17, 15) is 4.79 Å². The number of nitrogen functional groups attached to an aromatic ring is 1. The highest BCUT2D eigenvalue weighted by molar-refractivity contribution is 6.69. The van der Waals surface area contributed by atoms with E-state index in [4.69, 9.17) is 14.9 Å². The molecule has 4 atom stereocenters. The quantitative estimate of drug-likeness (QED) is 0.860. The van der Waals surface area contributed by atoms with Crippen LogP contribution in [0, 0.1) is 5.92 Å². The molecule has 1 aromatic rings. The third-order valence-corrected chi connectivity index (χ3v) is 4.65. The van der Waals surface area contributed by atoms with Crippen LogP contribution in [0.25, 0.3) is 0 Å². The largest absolute Gasteiger partial charge is 0.412 e. The van der Waals surface area contributed by atoms with E-state index in [1.54, 1.807) is 12.3 Å². The van der Waals surface area contributed by atoms with Crippen molar-refractivity contribution in [2.24, 2.45) is 5.92 Å². The van der Waals surface area contributed by atoms with E-state index in [1.165, 1.54) is 4.57 Å². The van der Waals surface area contributed by atoms with E-state index in [0.717, 1.165) is 6.42 Å². The fourth-order valence-corrected chi connectivity index (χ4v) is 3.92. The molecule has 0 saturated carbocycles. The van der Waals surface area contributed by atoms with Gasteiger partial charge in [-0.15, -0.1) is 0 Å². The van der Waals surface area contributed by atoms with Gasteiger partial charge in [0.1, 0.15) is 12.0 Å². The Kier molecular flexibility index (Phi) is 4.55. The molecule has 1 aliphatic heterocycles. The van der Waals surface area contributed by atoms with Crippen LogP contribution in [-0.4, -0.2) is 30.1 Å². The summed E-state index contributed by atoms with van der Waals surface area (Å²) in [5.41, 5.74) is 5.16. The first-order valence-electron chi connectivity index (χ1n) is 7.41. The molecule has 0 radical (unpaired) electrons. The van der Waals surface area contributed by atoms with E-state index in [-0.39, 0.29) is 35.9 Å². The molecule has 2 heterocycles. The normalized spacial score (nSPS) is 29.8. The Morgan fingerprint density at radius 2 is 2.14 bits per heavy atom. The van der Waals surface area contributed by atoms with Crippen LogP contribution in [-0.2, 0) is 9.16 Å². The lowest BCUT2D eigenvalue weighted by Crippen LogP contribution is -2.39. The molecule has 2 N–H and O–H groups in total. The smallest absolute Gasteiger partial charge is 0.351 e. The molecule has 0 amide bonds. The highest BCUT2D eigenvalue weighted by Crippen LogP contribution is 2.38. The number of nitrogens with zero attached hydrogens (tertiary/aromatic N) is 2. The molecule has 6 nitrogen and oxygen atoms in total. The van der Waals surface area contributed by atoms with Gasteiger partial charge in [-0.05, 0) is 32.1 Å². The van der Waals surface area contributed by atoms with Crippen LogP contribution in [0.4, 0.5) is 5.82 Å². The van der Waals surface area contributed by atoms with Gasteiger partial charge in [0.25, 0.3) is 0 Å². The van der Waals surface area contributed by atoms with E-state index in [1.807, 2.05) is 0 Å². The molecule has 21 heavy (non-hydrogen) atoms. The first-order chi connectivity index (χ1) is 9.73. The predicted molar refractivity (Wildman–Crippen MR) is 84.5 cm³/mol. The average molecular weight is 311 g/mol. The number of hydrogen-bond acceptors (Lipinski definition) is 5. The summed E-state index contributed by atoms with van der Waals surface area (Å²) in [7, 11) is -1.68. The third-order valence-electron chi connectivity index (χ3n) is 3.67. The van der Waals surface area contributed by atoms with Crippen molar-refractivity contribution in [1.82, 2.24) is 9.55 Å². The van der Waals surface area contributed by atoms with Crippen molar-refractivity contribution in [3.05, 3.63) is 22.7 Å². The lowest BCUT2D eigenvalue weighted by molar-refractivity contribution is -0.0231. The van der Waals surface area contributed by atoms with Gasteiger partial charge < -0.3 is 14.9 Å². The van der Waals surface area contributed by atoms with Crippen LogP contribution in [0.3, 0.4) is 0 Å². The number of anilines is 1. The van der Waals surface area contributed by atoms with Crippen molar-refractivity contribution in [3.8, 4) is 0 Å². The molecular weight excluding hydrogens is 286 g/mol. The summed E-state index contributed by atoms with van der Waals surface area (Å²) in [4.78, 5) is 15.8. The minimum atomic E-state index is -1.68. The van der Waals surface area contributed by atoms with Crippen LogP contribution in [0.2, 0.25) is 19.6 Å². The van der Waals surface area contributed by atoms with E-state index < -0.39 is 8.32 Å². The molecule has 118 valence electrons. The van der Waals surface area contributed by atoms with Crippen molar-refractivity contribution in [2.45, 2.75) is 58.3 Å². The second kappa shape index (κ2) is 5.90. The van der Waals surface area contributed by atoms with Gasteiger partial charge in [0.15, 0.2) is 8.32 Å². The topological polar surface area (TPSA) is 79.4 Å². The lowest BCUT2D eigenvalue weighted by Gasteiger charge is -2.28. The Morgan fingerprint density at radius 3 is 2.67 bits per heavy atom. The summed E-state index contributed by atoms with van der Waals surface area (Å²) >= 11 is 0. The van der Waals surface area contributed by atoms with Crippen LogP contribution in [0.15, 0.2) is 17.1 Å². The molecule has 0 bridgehead atoms. The molecular formula is C14H25N3O3Si. The molecule has 1 fully saturated rings. The van der Waals surface area contributed by atoms with Crippen molar-refractivity contribution >= 4 is 14.1 Å². The Hall–Kier alpha value is -1.18. The zero-order valence-corrected chi connectivity index (χ0v) is 14.4. The van der Waals surface area contributed by atoms with E-state index in [2.05, 4.69) is 38.5 Å². The highest BCUT2D eigenvalue weighted by Gasteiger charge is 2.44. The van der Waals surface area contributed by atoms with Crippen molar-refractivity contribution in [3.63, 3.8) is 0 Å². The first kappa shape index (κ1) is 16.2. The lowest BCUT2D eigenvalue weighted by atomic mass is 10.0. The number of aromatic nitrogens is 2. The van der Waals surface area contributed by atoms with E-state index in [0.29, 0.717) is 0 Å². The predicted octanol–water partition coefficient (Wildman–Crippen LogP) is 1.99. The number of nitrogens with two attached hydrogens (primary N) is 1. The molecule has 0 aliphatic carbocycles. The molecule has 0 spiro atoms. The van der Waals surface area contributed by atoms with Gasteiger partial charge in [0.05, 0.1) is 12.2 Å². The van der Waals surface area contributed by atoms with Crippen LogP contribution in [0.5, 0.6) is 0 Å². The Balaban J connectivity index is 2.28. The standard InChI is InChI=1S/C14H25N3O3Si/c1-6-10-12(20-21(3,4)5)9(2)13(19-10)17-8-7-11(15)16-14(17)18/h7-10,12-13H,6H2,1-5H3,(H2,15,16,18)/t9-,10-,12?,13-/m1/s1. The van der Waals surface area contributed by atoms with Crippen molar-refractivity contribution < 1.29 is 9.16 Å². The number of ether oxygens (including phenoxy) is 1. The molecule has 1 aliphatic rings. The molecule has 1 saturated heterocycles. The number of hydrogen-bond donors (Lipinski definition) is 1. The SMILES string of the molecule is CC[C@H]1O[C@@H](n2ccc(N)nc2=O)[C@H](C)C1O[Si](C)(C)C. The van der Waals surface area contributed by atoms with Crippen LogP contribution >= 0.6 is 0 Å². The molecule has 1 unspecified atom stereocenters. The summed E-state index contributed by atoms with van der Waals surface area (Å²) in [6, 6.07) is 1.62. The zero-order valence-electron chi connectivity index (χ0n) is 13.4. The third kappa shape index (κ3) is 3.53. The van der Waals surface area contributed by atoms with Gasteiger partial charge in [0, 0.05) is 12.1 Å². The monoisotopic (exact) mass is 311 g/mol. The van der Waals surface area contributed by atoms with Gasteiger partial charge >= 0.3 is 5.69 Å². The zero-order chi connectivity index (χ0) is 15.8. The average Bonchev–Trinajstić information content (AvgIpc) is 2.65. The van der Waals surface area contributed by atoms with Gasteiger partial charge in [-0.2, -0.15) is 4.98 Å². The van der Waals surface area contributed by atoms with E-state index >= 15 is 0 Å². The Morgan fingerprint density at radius 1 is 1.48 bits per heavy atom. The molecule has 0 aromatic carbocycles. The van der Waals surface area contributed by atoms with Crippen molar-refractivity contribution in [2.75, 3.05) is 5.73 Å². The summed E-state index contributed by atoms with van der Waals surface area (Å²) in [6.45, 7) is 10.6. The summed E-state index contributed by atoms with van der Waals surface area (Å²) in [5, 5.41) is 0. The maximum Gasteiger partial charge on any atom is 0.351 e. The van der Waals surface area contributed by atoms with Gasteiger partial charge in [-0.1, -0.05) is 13.8 Å². The summed E-state index contributed by atoms with van der Waals surface area (Å²) in [6.07, 6.45) is 2.16. The maximum absolute atomic E-state index is 12.0. The second-order valence-corrected chi connectivity index (χ2v) is 11.0. The number of rotatable bonds is 4. The van der Waals surface area contributed by atoms with Crippen LogP contribution in [0.1, 0.15) is 26.5 Å². The maximum atomic E-state index is 12.0. The first-order valence-corrected chi connectivity index (χ1v) is 10.8. The van der Waals surface area contributed by atoms with Gasteiger partial charge in [0.2, 0.25) is 0 Å². The van der Waals surface area contributed by atoms with Gasteiger partial charge in [-0.25, -0.2) is 4.79 Å². The van der Waals surface area contributed by atoms with Crippen molar-refractivity contribution in [1.29, 1.82) is 0 Å². The summed E-state index contributed by atoms with van der Waals surface area (Å²) < 4.78 is 13.9. The Bertz CT molecular complexity index is 555.